The van der Waals surface area contributed by atoms with Crippen LogP contribution in [0.4, 0.5) is 5.69 Å². The maximum Gasteiger partial charge on any atom is 0.344 e. The van der Waals surface area contributed by atoms with Gasteiger partial charge in [0.25, 0.3) is 0 Å². The second-order valence-corrected chi connectivity index (χ2v) is 17.9. The van der Waals surface area contributed by atoms with E-state index in [-0.39, 0.29) is 54.6 Å². The first-order chi connectivity index (χ1) is 19.1. The van der Waals surface area contributed by atoms with Gasteiger partial charge in [-0.1, -0.05) is 45.6 Å². The number of ether oxygens (including phenoxy) is 6. The topological polar surface area (TPSA) is 122 Å². The van der Waals surface area contributed by atoms with E-state index in [1.165, 1.54) is 14.2 Å². The summed E-state index contributed by atoms with van der Waals surface area (Å²) < 4.78 is 34.0. The first kappa shape index (κ1) is 34.8. The molecular formula is C30H49NO9Si. The minimum absolute atomic E-state index is 0.0200. The van der Waals surface area contributed by atoms with Crippen LogP contribution in [0.25, 0.3) is 0 Å². The first-order valence-electron chi connectivity index (χ1n) is 14.1. The van der Waals surface area contributed by atoms with Crippen molar-refractivity contribution < 1.29 is 43.1 Å². The Morgan fingerprint density at radius 2 is 1.80 bits per heavy atom. The van der Waals surface area contributed by atoms with Crippen LogP contribution < -0.4 is 14.8 Å². The van der Waals surface area contributed by atoms with Crippen LogP contribution in [0, 0.1) is 11.8 Å². The SMILES string of the molecule is COCOc1cc(OC)cc(NC(=O)C[C@@H]2OC(C)(C)O[C@@H]2C(C)/C=C\[C@@H](C)[C@@H](C)O)c1C(=O)OCC[Si](C)(C)C. The number of nitrogens with one attached hydrogen (secondary N) is 1. The Labute approximate surface area is 245 Å². The Kier molecular flexibility index (Phi) is 12.8. The van der Waals surface area contributed by atoms with Crippen LogP contribution in [0.5, 0.6) is 11.5 Å². The quantitative estimate of drug-likeness (QED) is 0.121. The number of aliphatic hydroxyl groups is 1. The molecule has 1 fully saturated rings. The zero-order valence-corrected chi connectivity index (χ0v) is 27.2. The van der Waals surface area contributed by atoms with E-state index in [1.807, 2.05) is 39.8 Å². The van der Waals surface area contributed by atoms with Gasteiger partial charge in [0.1, 0.15) is 17.1 Å². The van der Waals surface area contributed by atoms with Crippen molar-refractivity contribution in [1.82, 2.24) is 0 Å². The number of carbonyl (C=O) groups is 2. The largest absolute Gasteiger partial charge is 0.497 e. The number of carbonyl (C=O) groups excluding carboxylic acids is 2. The number of hydrogen-bond donors (Lipinski definition) is 2. The van der Waals surface area contributed by atoms with Crippen LogP contribution in [-0.4, -0.2) is 76.8 Å². The maximum absolute atomic E-state index is 13.4. The van der Waals surface area contributed by atoms with Gasteiger partial charge in [-0.25, -0.2) is 4.79 Å². The minimum atomic E-state index is -1.44. The van der Waals surface area contributed by atoms with E-state index >= 15 is 0 Å². The molecule has 1 aromatic carbocycles. The number of amides is 1. The minimum Gasteiger partial charge on any atom is -0.497 e. The predicted molar refractivity (Wildman–Crippen MR) is 160 cm³/mol. The van der Waals surface area contributed by atoms with E-state index in [2.05, 4.69) is 25.0 Å². The van der Waals surface area contributed by atoms with Gasteiger partial charge >= 0.3 is 5.97 Å². The zero-order valence-electron chi connectivity index (χ0n) is 26.2. The van der Waals surface area contributed by atoms with E-state index in [1.54, 1.807) is 19.1 Å². The molecule has 5 atom stereocenters. The van der Waals surface area contributed by atoms with E-state index in [0.29, 0.717) is 5.75 Å². The summed E-state index contributed by atoms with van der Waals surface area (Å²) >= 11 is 0. The van der Waals surface area contributed by atoms with Crippen LogP contribution >= 0.6 is 0 Å². The molecule has 0 radical (unpaired) electrons. The highest BCUT2D eigenvalue weighted by Gasteiger charge is 2.44. The molecule has 11 heteroatoms. The summed E-state index contributed by atoms with van der Waals surface area (Å²) in [7, 11) is 1.51. The molecule has 1 aliphatic rings. The molecule has 2 rings (SSSR count). The molecule has 0 aromatic heterocycles. The number of methoxy groups -OCH3 is 2. The van der Waals surface area contributed by atoms with Gasteiger partial charge in [-0.2, -0.15) is 0 Å². The van der Waals surface area contributed by atoms with Crippen LogP contribution in [0.15, 0.2) is 24.3 Å². The van der Waals surface area contributed by atoms with Gasteiger partial charge in [-0.05, 0) is 32.7 Å². The molecule has 0 bridgehead atoms. The molecule has 1 amide bonds. The maximum atomic E-state index is 13.4. The fraction of sp³-hybridized carbons (Fsp3) is 0.667. The van der Waals surface area contributed by atoms with Gasteiger partial charge in [-0.15, -0.1) is 0 Å². The summed E-state index contributed by atoms with van der Waals surface area (Å²) in [5.41, 5.74) is 0.280. The summed E-state index contributed by atoms with van der Waals surface area (Å²) in [6.45, 7) is 16.0. The Balaban J connectivity index is 2.31. The Bertz CT molecular complexity index is 1050. The Morgan fingerprint density at radius 1 is 1.12 bits per heavy atom. The highest BCUT2D eigenvalue weighted by Crippen LogP contribution is 2.36. The zero-order chi connectivity index (χ0) is 31.0. The lowest BCUT2D eigenvalue weighted by molar-refractivity contribution is -0.150. The van der Waals surface area contributed by atoms with Crippen LogP contribution in [-0.2, 0) is 23.7 Å². The standard InChI is InChI=1S/C30H49NO9Si/c1-19(21(3)32)11-12-20(2)28-25(39-30(4,5)40-28)17-26(33)31-23-15-22(36-7)16-24(38-18-35-6)27(23)29(34)37-13-14-41(8,9)10/h11-12,15-16,19-21,25,28,32H,13-14,17-18H2,1-10H3,(H,31,33)/b12-11-/t19-,20?,21-,25+,28-/m1/s1. The summed E-state index contributed by atoms with van der Waals surface area (Å²) in [6, 6.07) is 3.91. The van der Waals surface area contributed by atoms with Crippen molar-refractivity contribution in [2.75, 3.05) is 32.9 Å². The molecule has 0 aliphatic carbocycles. The van der Waals surface area contributed by atoms with Crippen LogP contribution in [0.1, 0.15) is 51.4 Å². The number of rotatable bonds is 15. The molecule has 1 saturated heterocycles. The van der Waals surface area contributed by atoms with E-state index in [0.717, 1.165) is 6.04 Å². The van der Waals surface area contributed by atoms with Crippen molar-refractivity contribution in [2.24, 2.45) is 11.8 Å². The lowest BCUT2D eigenvalue weighted by Gasteiger charge is -2.22. The van der Waals surface area contributed by atoms with Crippen molar-refractivity contribution in [1.29, 1.82) is 0 Å². The second kappa shape index (κ2) is 15.2. The van der Waals surface area contributed by atoms with Gasteiger partial charge in [0.2, 0.25) is 5.91 Å². The monoisotopic (exact) mass is 595 g/mol. The van der Waals surface area contributed by atoms with Gasteiger partial charge < -0.3 is 38.8 Å². The van der Waals surface area contributed by atoms with Crippen LogP contribution in [0.3, 0.4) is 0 Å². The average molecular weight is 596 g/mol. The third-order valence-electron chi connectivity index (χ3n) is 6.81. The van der Waals surface area contributed by atoms with Gasteiger partial charge in [0, 0.05) is 33.2 Å². The van der Waals surface area contributed by atoms with E-state index < -0.39 is 38.1 Å². The van der Waals surface area contributed by atoms with Crippen molar-refractivity contribution >= 4 is 25.6 Å². The first-order valence-corrected chi connectivity index (χ1v) is 17.8. The highest BCUT2D eigenvalue weighted by molar-refractivity contribution is 6.76. The molecular weight excluding hydrogens is 546 g/mol. The highest BCUT2D eigenvalue weighted by atomic mass is 28.3. The summed E-state index contributed by atoms with van der Waals surface area (Å²) in [5, 5.41) is 12.7. The Hall–Kier alpha value is -2.44. The Morgan fingerprint density at radius 3 is 2.39 bits per heavy atom. The summed E-state index contributed by atoms with van der Waals surface area (Å²) in [5.74, 6) is -1.43. The molecule has 0 spiro atoms. The molecule has 1 unspecified atom stereocenters. The molecule has 2 N–H and O–H groups in total. The molecule has 41 heavy (non-hydrogen) atoms. The van der Waals surface area contributed by atoms with Crippen molar-refractivity contribution in [3.05, 3.63) is 29.8 Å². The molecule has 232 valence electrons. The second-order valence-electron chi connectivity index (χ2n) is 12.3. The number of anilines is 1. The third kappa shape index (κ3) is 11.0. The summed E-state index contributed by atoms with van der Waals surface area (Å²) in [6.07, 6.45) is 2.48. The number of hydrogen-bond acceptors (Lipinski definition) is 9. The summed E-state index contributed by atoms with van der Waals surface area (Å²) in [4.78, 5) is 26.7. The van der Waals surface area contributed by atoms with Crippen LogP contribution in [0.2, 0.25) is 25.7 Å². The van der Waals surface area contributed by atoms with Crippen molar-refractivity contribution in [3.63, 3.8) is 0 Å². The van der Waals surface area contributed by atoms with Gasteiger partial charge in [0.15, 0.2) is 12.6 Å². The van der Waals surface area contributed by atoms with Crippen molar-refractivity contribution in [2.45, 2.75) is 90.8 Å². The third-order valence-corrected chi connectivity index (χ3v) is 8.52. The van der Waals surface area contributed by atoms with Gasteiger partial charge in [-0.3, -0.25) is 4.79 Å². The normalized spacial score (nSPS) is 20.9. The predicted octanol–water partition coefficient (Wildman–Crippen LogP) is 5.23. The number of esters is 1. The fourth-order valence-corrected chi connectivity index (χ4v) is 4.96. The smallest absolute Gasteiger partial charge is 0.344 e. The average Bonchev–Trinajstić information content (AvgIpc) is 3.17. The molecule has 1 aromatic rings. The molecule has 1 aliphatic heterocycles. The lowest BCUT2D eigenvalue weighted by atomic mass is 9.95. The number of benzene rings is 1. The molecule has 10 nitrogen and oxygen atoms in total. The number of aliphatic hydroxyl groups excluding tert-OH is 1. The van der Waals surface area contributed by atoms with E-state index in [9.17, 15) is 14.7 Å². The van der Waals surface area contributed by atoms with E-state index in [4.69, 9.17) is 28.4 Å². The van der Waals surface area contributed by atoms with Crippen molar-refractivity contribution in [3.8, 4) is 11.5 Å². The fourth-order valence-electron chi connectivity index (χ4n) is 4.25. The lowest BCUT2D eigenvalue weighted by Crippen LogP contribution is -2.32. The van der Waals surface area contributed by atoms with Gasteiger partial charge in [0.05, 0.1) is 44.1 Å². The molecule has 0 saturated carbocycles. The molecule has 1 heterocycles.